The van der Waals surface area contributed by atoms with E-state index in [1.54, 1.807) is 7.05 Å². The van der Waals surface area contributed by atoms with Gasteiger partial charge in [-0.25, -0.2) is 12.8 Å². The molecule has 0 saturated heterocycles. The smallest absolute Gasteiger partial charge is 0.265 e. The number of hydrogen-bond acceptors (Lipinski definition) is 4. The fourth-order valence-corrected chi connectivity index (χ4v) is 2.89. The number of benzene rings is 1. The van der Waals surface area contributed by atoms with Gasteiger partial charge in [0.15, 0.2) is 0 Å². The first kappa shape index (κ1) is 14.5. The van der Waals surface area contributed by atoms with E-state index >= 15 is 0 Å². The predicted molar refractivity (Wildman–Crippen MR) is 76.0 cm³/mol. The Morgan fingerprint density at radius 3 is 2.70 bits per heavy atom. The minimum atomic E-state index is -3.87. The molecule has 8 heteroatoms. The van der Waals surface area contributed by atoms with Gasteiger partial charge < -0.3 is 5.32 Å². The van der Waals surface area contributed by atoms with Crippen LogP contribution in [0.5, 0.6) is 0 Å². The molecule has 0 saturated carbocycles. The first-order chi connectivity index (χ1) is 9.44. The number of halogens is 2. The monoisotopic (exact) mass is 315 g/mol. The zero-order valence-corrected chi connectivity index (χ0v) is 12.0. The summed E-state index contributed by atoms with van der Waals surface area (Å²) in [5.74, 6) is -0.702. The summed E-state index contributed by atoms with van der Waals surface area (Å²) >= 11 is 5.54. The van der Waals surface area contributed by atoms with Gasteiger partial charge in [0.25, 0.3) is 10.0 Å². The van der Waals surface area contributed by atoms with Gasteiger partial charge >= 0.3 is 0 Å². The van der Waals surface area contributed by atoms with Crippen molar-refractivity contribution in [2.24, 2.45) is 0 Å². The van der Waals surface area contributed by atoms with Crippen LogP contribution >= 0.6 is 11.6 Å². The van der Waals surface area contributed by atoms with Gasteiger partial charge in [0.2, 0.25) is 0 Å². The Labute approximate surface area is 120 Å². The third-order valence-electron chi connectivity index (χ3n) is 2.52. The summed E-state index contributed by atoms with van der Waals surface area (Å²) in [5, 5.41) is 2.68. The first-order valence-corrected chi connectivity index (χ1v) is 7.40. The van der Waals surface area contributed by atoms with E-state index in [1.807, 2.05) is 0 Å². The van der Waals surface area contributed by atoms with Crippen LogP contribution in [0.2, 0.25) is 5.02 Å². The summed E-state index contributed by atoms with van der Waals surface area (Å²) in [5.41, 5.74) is 0.472. The Kier molecular flexibility index (Phi) is 4.10. The maximum Gasteiger partial charge on any atom is 0.265 e. The topological polar surface area (TPSA) is 71.1 Å². The molecule has 0 unspecified atom stereocenters. The second-order valence-corrected chi connectivity index (χ2v) is 5.91. The number of pyridine rings is 1. The van der Waals surface area contributed by atoms with Crippen LogP contribution in [-0.4, -0.2) is 20.4 Å². The van der Waals surface area contributed by atoms with Gasteiger partial charge in [-0.3, -0.25) is 9.71 Å². The van der Waals surface area contributed by atoms with Crippen LogP contribution in [0.25, 0.3) is 0 Å². The highest BCUT2D eigenvalue weighted by Crippen LogP contribution is 2.24. The molecule has 0 aliphatic heterocycles. The molecule has 0 radical (unpaired) electrons. The summed E-state index contributed by atoms with van der Waals surface area (Å²) in [4.78, 5) is 3.75. The summed E-state index contributed by atoms with van der Waals surface area (Å²) in [7, 11) is -2.28. The van der Waals surface area contributed by atoms with Gasteiger partial charge in [0.1, 0.15) is 10.7 Å². The zero-order valence-electron chi connectivity index (χ0n) is 10.4. The van der Waals surface area contributed by atoms with Crippen molar-refractivity contribution in [3.8, 4) is 0 Å². The van der Waals surface area contributed by atoms with Crippen molar-refractivity contribution in [3.63, 3.8) is 0 Å². The zero-order chi connectivity index (χ0) is 14.8. The lowest BCUT2D eigenvalue weighted by Gasteiger charge is -2.11. The van der Waals surface area contributed by atoms with Crippen molar-refractivity contribution in [3.05, 3.63) is 47.5 Å². The lowest BCUT2D eigenvalue weighted by molar-refractivity contribution is 0.601. The van der Waals surface area contributed by atoms with Gasteiger partial charge in [0, 0.05) is 19.4 Å². The summed E-state index contributed by atoms with van der Waals surface area (Å²) in [6.45, 7) is 0. The molecule has 0 aliphatic rings. The average Bonchev–Trinajstić information content (AvgIpc) is 2.42. The van der Waals surface area contributed by atoms with Gasteiger partial charge in [-0.1, -0.05) is 11.6 Å². The molecule has 1 aromatic heterocycles. The molecule has 2 N–H and O–H groups in total. The van der Waals surface area contributed by atoms with Crippen molar-refractivity contribution in [2.45, 2.75) is 4.90 Å². The molecule has 1 heterocycles. The molecule has 2 rings (SSSR count). The molecule has 20 heavy (non-hydrogen) atoms. The second-order valence-electron chi connectivity index (χ2n) is 3.86. The predicted octanol–water partition coefficient (Wildman–Crippen LogP) is 2.72. The van der Waals surface area contributed by atoms with Crippen LogP contribution in [0.15, 0.2) is 41.6 Å². The maximum atomic E-state index is 13.3. The molecule has 2 aromatic rings. The first-order valence-electron chi connectivity index (χ1n) is 5.53. The van der Waals surface area contributed by atoms with E-state index in [1.165, 1.54) is 30.6 Å². The van der Waals surface area contributed by atoms with E-state index in [-0.39, 0.29) is 15.6 Å². The van der Waals surface area contributed by atoms with Gasteiger partial charge in [-0.15, -0.1) is 0 Å². The fraction of sp³-hybridized carbons (Fsp3) is 0.0833. The molecule has 0 bridgehead atoms. The molecule has 1 aromatic carbocycles. The molecule has 0 fully saturated rings. The van der Waals surface area contributed by atoms with E-state index in [0.29, 0.717) is 5.69 Å². The summed E-state index contributed by atoms with van der Waals surface area (Å²) < 4.78 is 40.0. The van der Waals surface area contributed by atoms with Crippen LogP contribution in [-0.2, 0) is 10.0 Å². The van der Waals surface area contributed by atoms with E-state index in [9.17, 15) is 12.8 Å². The summed E-state index contributed by atoms with van der Waals surface area (Å²) in [6, 6.07) is 5.18. The third-order valence-corrected chi connectivity index (χ3v) is 4.23. The number of hydrogen-bond donors (Lipinski definition) is 2. The molecule has 106 valence electrons. The second kappa shape index (κ2) is 5.64. The molecule has 0 aliphatic carbocycles. The molecule has 5 nitrogen and oxygen atoms in total. The Bertz CT molecular complexity index is 737. The Balaban J connectivity index is 2.38. The van der Waals surface area contributed by atoms with Gasteiger partial charge in [-0.05, 0) is 24.3 Å². The quantitative estimate of drug-likeness (QED) is 0.910. The van der Waals surface area contributed by atoms with Crippen molar-refractivity contribution in [1.29, 1.82) is 0 Å². The lowest BCUT2D eigenvalue weighted by atomic mass is 10.3. The van der Waals surface area contributed by atoms with Crippen LogP contribution in [0.3, 0.4) is 0 Å². The Morgan fingerprint density at radius 2 is 2.05 bits per heavy atom. The normalized spacial score (nSPS) is 11.2. The van der Waals surface area contributed by atoms with Gasteiger partial charge in [0.05, 0.1) is 16.4 Å². The molecule has 0 atom stereocenters. The fourth-order valence-electron chi connectivity index (χ4n) is 1.57. The largest absolute Gasteiger partial charge is 0.387 e. The maximum absolute atomic E-state index is 13.3. The van der Waals surface area contributed by atoms with E-state index in [4.69, 9.17) is 11.6 Å². The van der Waals surface area contributed by atoms with Crippen molar-refractivity contribution in [2.75, 3.05) is 17.1 Å². The molecule has 0 spiro atoms. The lowest BCUT2D eigenvalue weighted by Crippen LogP contribution is -2.15. The minimum Gasteiger partial charge on any atom is -0.387 e. The van der Waals surface area contributed by atoms with Crippen LogP contribution < -0.4 is 10.0 Å². The van der Waals surface area contributed by atoms with E-state index in [0.717, 1.165) is 6.07 Å². The summed E-state index contributed by atoms with van der Waals surface area (Å²) in [6.07, 6.45) is 2.67. The average molecular weight is 316 g/mol. The van der Waals surface area contributed by atoms with Gasteiger partial charge in [-0.2, -0.15) is 0 Å². The Morgan fingerprint density at radius 1 is 1.30 bits per heavy atom. The van der Waals surface area contributed by atoms with Crippen molar-refractivity contribution in [1.82, 2.24) is 4.98 Å². The van der Waals surface area contributed by atoms with E-state index in [2.05, 4.69) is 15.0 Å². The van der Waals surface area contributed by atoms with Crippen LogP contribution in [0.4, 0.5) is 15.8 Å². The standard InChI is InChI=1S/C12H11ClFN3O2S/c1-15-11-4-5-16-7-12(11)20(18,19)17-8-2-3-9(13)10(14)6-8/h2-7,17H,1H3,(H,15,16). The number of sulfonamides is 1. The van der Waals surface area contributed by atoms with Crippen molar-refractivity contribution < 1.29 is 12.8 Å². The highest BCUT2D eigenvalue weighted by atomic mass is 35.5. The highest BCUT2D eigenvalue weighted by molar-refractivity contribution is 7.92. The molecular formula is C12H11ClFN3O2S. The van der Waals surface area contributed by atoms with Crippen LogP contribution in [0.1, 0.15) is 0 Å². The highest BCUT2D eigenvalue weighted by Gasteiger charge is 2.19. The number of rotatable bonds is 4. The number of aromatic nitrogens is 1. The minimum absolute atomic E-state index is 0.0298. The third kappa shape index (κ3) is 3.00. The van der Waals surface area contributed by atoms with E-state index < -0.39 is 15.8 Å². The Hall–Kier alpha value is -1.86. The van der Waals surface area contributed by atoms with Crippen molar-refractivity contribution >= 4 is 33.0 Å². The molecule has 0 amide bonds. The SMILES string of the molecule is CNc1ccncc1S(=O)(=O)Nc1ccc(Cl)c(F)c1. The number of anilines is 2. The van der Waals surface area contributed by atoms with Crippen LogP contribution in [0, 0.1) is 5.82 Å². The molecular weight excluding hydrogens is 305 g/mol. The number of nitrogens with zero attached hydrogens (tertiary/aromatic N) is 1. The number of nitrogens with one attached hydrogen (secondary N) is 2.